The average Bonchev–Trinajstić information content (AvgIpc) is 2.87. The highest BCUT2D eigenvalue weighted by atomic mass is 19.2. The zero-order valence-electron chi connectivity index (χ0n) is 20.1. The normalized spacial score (nSPS) is 15.9. The van der Waals surface area contributed by atoms with Crippen LogP contribution in [0.25, 0.3) is 16.7 Å². The summed E-state index contributed by atoms with van der Waals surface area (Å²) in [5.74, 6) is -1.19. The van der Waals surface area contributed by atoms with Gasteiger partial charge in [0.15, 0.2) is 11.6 Å². The summed E-state index contributed by atoms with van der Waals surface area (Å²) >= 11 is 0. The van der Waals surface area contributed by atoms with Crippen molar-refractivity contribution in [2.45, 2.75) is 65.2 Å². The molecule has 1 aliphatic rings. The molecule has 0 aromatic heterocycles. The maximum atomic E-state index is 14.8. The van der Waals surface area contributed by atoms with Crippen LogP contribution >= 0.6 is 0 Å². The molecule has 3 heteroatoms. The number of benzene rings is 3. The van der Waals surface area contributed by atoms with Crippen LogP contribution in [-0.2, 0) is 19.3 Å². The van der Waals surface area contributed by atoms with E-state index in [4.69, 9.17) is 0 Å². The van der Waals surface area contributed by atoms with Gasteiger partial charge in [-0.15, -0.1) is 0 Å². The van der Waals surface area contributed by atoms with Crippen LogP contribution in [0.4, 0.5) is 13.2 Å². The lowest BCUT2D eigenvalue weighted by atomic mass is 9.83. The lowest BCUT2D eigenvalue weighted by molar-refractivity contribution is 0.440. The Bertz CT molecular complexity index is 1160. The minimum Gasteiger partial charge on any atom is -0.207 e. The fourth-order valence-electron chi connectivity index (χ4n) is 4.92. The Hall–Kier alpha value is -2.81. The van der Waals surface area contributed by atoms with Gasteiger partial charge in [-0.1, -0.05) is 74.9 Å². The molecule has 178 valence electrons. The molecule has 1 aliphatic carbocycles. The van der Waals surface area contributed by atoms with E-state index in [9.17, 15) is 13.2 Å². The van der Waals surface area contributed by atoms with E-state index in [0.717, 1.165) is 56.1 Å². The lowest BCUT2D eigenvalue weighted by Gasteiger charge is -2.22. The fourth-order valence-corrected chi connectivity index (χ4v) is 4.92. The van der Waals surface area contributed by atoms with Crippen molar-refractivity contribution in [1.82, 2.24) is 0 Å². The van der Waals surface area contributed by atoms with Gasteiger partial charge in [0.05, 0.1) is 0 Å². The number of hydrogen-bond acceptors (Lipinski definition) is 0. The van der Waals surface area contributed by atoms with E-state index in [1.165, 1.54) is 11.1 Å². The molecule has 0 amide bonds. The van der Waals surface area contributed by atoms with E-state index in [2.05, 4.69) is 19.9 Å². The quantitative estimate of drug-likeness (QED) is 0.313. The van der Waals surface area contributed by atoms with Crippen molar-refractivity contribution in [3.05, 3.63) is 100 Å². The molecule has 0 spiro atoms. The molecule has 4 rings (SSSR count). The third kappa shape index (κ3) is 5.46. The number of halogens is 3. The maximum Gasteiger partial charge on any atom is 0.166 e. The van der Waals surface area contributed by atoms with Gasteiger partial charge in [-0.25, -0.2) is 13.2 Å². The molecule has 0 saturated heterocycles. The zero-order valence-corrected chi connectivity index (χ0v) is 20.1. The Balaban J connectivity index is 1.38. The molecule has 0 N–H and O–H groups in total. The lowest BCUT2D eigenvalue weighted by Crippen LogP contribution is -2.08. The SMILES string of the molecule is CCCc1ccc(C2=CCC(CCc3ccc(-c4ccc(CC)cc4)c(F)c3F)CC2)cc1F. The van der Waals surface area contributed by atoms with Crippen molar-refractivity contribution < 1.29 is 13.2 Å². The molecule has 0 bridgehead atoms. The Kier molecular flexibility index (Phi) is 7.92. The van der Waals surface area contributed by atoms with E-state index < -0.39 is 11.6 Å². The van der Waals surface area contributed by atoms with Gasteiger partial charge in [0, 0.05) is 5.56 Å². The number of aryl methyl sites for hydroxylation is 3. The Morgan fingerprint density at radius 3 is 2.18 bits per heavy atom. The number of rotatable bonds is 8. The number of hydrogen-bond donors (Lipinski definition) is 0. The van der Waals surface area contributed by atoms with Crippen LogP contribution in [0.15, 0.2) is 60.7 Å². The van der Waals surface area contributed by atoms with E-state index in [1.807, 2.05) is 36.4 Å². The van der Waals surface area contributed by atoms with Crippen molar-refractivity contribution in [2.75, 3.05) is 0 Å². The average molecular weight is 463 g/mol. The van der Waals surface area contributed by atoms with Crippen molar-refractivity contribution >= 4 is 5.57 Å². The summed E-state index contributed by atoms with van der Waals surface area (Å²) in [6, 6.07) is 16.6. The Labute approximate surface area is 201 Å². The molecule has 34 heavy (non-hydrogen) atoms. The highest BCUT2D eigenvalue weighted by molar-refractivity contribution is 5.67. The first-order valence-corrected chi connectivity index (χ1v) is 12.5. The molecule has 0 saturated carbocycles. The summed E-state index contributed by atoms with van der Waals surface area (Å²) in [6.45, 7) is 4.12. The van der Waals surface area contributed by atoms with Crippen LogP contribution < -0.4 is 0 Å². The molecule has 3 aromatic carbocycles. The van der Waals surface area contributed by atoms with Crippen molar-refractivity contribution in [3.63, 3.8) is 0 Å². The summed E-state index contributed by atoms with van der Waals surface area (Å²) in [5, 5.41) is 0. The first-order chi connectivity index (χ1) is 16.5. The van der Waals surface area contributed by atoms with Gasteiger partial charge in [0.25, 0.3) is 0 Å². The zero-order chi connectivity index (χ0) is 24.1. The molecule has 0 nitrogen and oxygen atoms in total. The predicted molar refractivity (Wildman–Crippen MR) is 135 cm³/mol. The van der Waals surface area contributed by atoms with E-state index in [-0.39, 0.29) is 5.82 Å². The minimum atomic E-state index is -0.763. The molecule has 3 aromatic rings. The second kappa shape index (κ2) is 11.1. The molecule has 0 aliphatic heterocycles. The molecule has 0 radical (unpaired) electrons. The van der Waals surface area contributed by atoms with Gasteiger partial charge in [-0.3, -0.25) is 0 Å². The summed E-state index contributed by atoms with van der Waals surface area (Å²) in [6.07, 6.45) is 8.89. The topological polar surface area (TPSA) is 0 Å². The Morgan fingerprint density at radius 1 is 0.794 bits per heavy atom. The molecule has 0 heterocycles. The van der Waals surface area contributed by atoms with Crippen LogP contribution in [0.3, 0.4) is 0 Å². The van der Waals surface area contributed by atoms with Gasteiger partial charge in [-0.05, 0) is 90.3 Å². The van der Waals surface area contributed by atoms with E-state index in [1.54, 1.807) is 18.2 Å². The first-order valence-electron chi connectivity index (χ1n) is 12.5. The van der Waals surface area contributed by atoms with Crippen LogP contribution in [0.1, 0.15) is 68.2 Å². The maximum absolute atomic E-state index is 14.8. The summed E-state index contributed by atoms with van der Waals surface area (Å²) in [7, 11) is 0. The largest absolute Gasteiger partial charge is 0.207 e. The van der Waals surface area contributed by atoms with Gasteiger partial charge in [-0.2, -0.15) is 0 Å². The van der Waals surface area contributed by atoms with E-state index >= 15 is 0 Å². The molecular formula is C31H33F3. The summed E-state index contributed by atoms with van der Waals surface area (Å²) < 4.78 is 44.0. The molecule has 0 fully saturated rings. The monoisotopic (exact) mass is 462 g/mol. The number of allylic oxidation sites excluding steroid dienone is 2. The van der Waals surface area contributed by atoms with Gasteiger partial charge >= 0.3 is 0 Å². The minimum absolute atomic E-state index is 0.121. The Morgan fingerprint density at radius 2 is 1.53 bits per heavy atom. The van der Waals surface area contributed by atoms with Crippen LogP contribution in [0.2, 0.25) is 0 Å². The van der Waals surface area contributed by atoms with Gasteiger partial charge in [0.1, 0.15) is 5.82 Å². The standard InChI is InChI=1S/C31H33F3/c1-3-5-25-16-17-27(20-29(25)32)23-11-8-22(9-12-23)10-15-26-18-19-28(31(34)30(26)33)24-13-6-21(4-2)7-14-24/h6-7,11,13-14,16-20,22H,3-5,8-10,12,15H2,1-2H3. The molecular weight excluding hydrogens is 429 g/mol. The fraction of sp³-hybridized carbons (Fsp3) is 0.355. The third-order valence-electron chi connectivity index (χ3n) is 7.12. The first kappa shape index (κ1) is 24.3. The van der Waals surface area contributed by atoms with E-state index in [0.29, 0.717) is 29.0 Å². The summed E-state index contributed by atoms with van der Waals surface area (Å²) in [4.78, 5) is 0. The molecule has 1 unspecified atom stereocenters. The molecule has 1 atom stereocenters. The smallest absolute Gasteiger partial charge is 0.166 e. The van der Waals surface area contributed by atoms with Crippen LogP contribution in [0, 0.1) is 23.4 Å². The van der Waals surface area contributed by atoms with Crippen molar-refractivity contribution in [3.8, 4) is 11.1 Å². The van der Waals surface area contributed by atoms with Gasteiger partial charge in [0.2, 0.25) is 0 Å². The highest BCUT2D eigenvalue weighted by Crippen LogP contribution is 2.34. The van der Waals surface area contributed by atoms with Crippen LogP contribution in [0.5, 0.6) is 0 Å². The predicted octanol–water partition coefficient (Wildman–Crippen LogP) is 9.10. The second-order valence-electron chi connectivity index (χ2n) is 9.42. The van der Waals surface area contributed by atoms with Gasteiger partial charge < -0.3 is 0 Å². The van der Waals surface area contributed by atoms with Crippen molar-refractivity contribution in [2.24, 2.45) is 5.92 Å². The third-order valence-corrected chi connectivity index (χ3v) is 7.12. The second-order valence-corrected chi connectivity index (χ2v) is 9.42. The summed E-state index contributed by atoms with van der Waals surface area (Å²) in [5.41, 5.74) is 5.55. The highest BCUT2D eigenvalue weighted by Gasteiger charge is 2.19. The van der Waals surface area contributed by atoms with Crippen molar-refractivity contribution in [1.29, 1.82) is 0 Å². The van der Waals surface area contributed by atoms with Crippen LogP contribution in [-0.4, -0.2) is 0 Å².